The average Bonchev–Trinajstić information content (AvgIpc) is 3.40. The highest BCUT2D eigenvalue weighted by molar-refractivity contribution is 6.05. The van der Waals surface area contributed by atoms with Gasteiger partial charge in [-0.15, -0.1) is 10.2 Å². The number of amides is 1. The number of pyridine rings is 1. The van der Waals surface area contributed by atoms with E-state index in [2.05, 4.69) is 42.3 Å². The molecule has 0 aliphatic carbocycles. The monoisotopic (exact) mass is 463 g/mol. The second-order valence-corrected chi connectivity index (χ2v) is 8.86. The van der Waals surface area contributed by atoms with E-state index in [9.17, 15) is 4.79 Å². The third-order valence-electron chi connectivity index (χ3n) is 6.42. The molecule has 0 atom stereocenters. The number of nitrogens with zero attached hydrogens (tertiary/aromatic N) is 6. The van der Waals surface area contributed by atoms with Gasteiger partial charge in [-0.25, -0.2) is 9.67 Å². The Morgan fingerprint density at radius 1 is 0.943 bits per heavy atom. The van der Waals surface area contributed by atoms with Gasteiger partial charge >= 0.3 is 0 Å². The van der Waals surface area contributed by atoms with Crippen LogP contribution in [0.5, 0.6) is 0 Å². The molecular formula is C27H25N7O. The summed E-state index contributed by atoms with van der Waals surface area (Å²) in [4.78, 5) is 17.4. The maximum Gasteiger partial charge on any atom is 0.257 e. The minimum absolute atomic E-state index is 0.209. The van der Waals surface area contributed by atoms with E-state index < -0.39 is 0 Å². The highest BCUT2D eigenvalue weighted by atomic mass is 16.1. The van der Waals surface area contributed by atoms with E-state index in [1.54, 1.807) is 12.4 Å². The second-order valence-electron chi connectivity index (χ2n) is 8.86. The molecule has 5 aromatic rings. The molecule has 8 heteroatoms. The number of carbonyl (C=O) groups excluding carboxylic acids is 1. The molecule has 0 bridgehead atoms. The van der Waals surface area contributed by atoms with E-state index >= 15 is 0 Å². The summed E-state index contributed by atoms with van der Waals surface area (Å²) in [5.41, 5.74) is 4.10. The molecule has 3 aromatic heterocycles. The van der Waals surface area contributed by atoms with E-state index in [4.69, 9.17) is 0 Å². The Balaban J connectivity index is 1.17. The summed E-state index contributed by atoms with van der Waals surface area (Å²) in [6, 6.07) is 19.7. The SMILES string of the molecule is O=C(Nc1ccc(-c2nnc3n2CCCCC3)cc1)c1cnc2c(cnn2Cc2ccccc2)c1. The fraction of sp³-hybridized carbons (Fsp3) is 0.222. The van der Waals surface area contributed by atoms with Gasteiger partial charge in [0.1, 0.15) is 5.82 Å². The van der Waals surface area contributed by atoms with Gasteiger partial charge in [0.2, 0.25) is 0 Å². The number of rotatable bonds is 5. The first-order chi connectivity index (χ1) is 17.2. The van der Waals surface area contributed by atoms with Crippen molar-refractivity contribution >= 4 is 22.6 Å². The summed E-state index contributed by atoms with van der Waals surface area (Å²) >= 11 is 0. The van der Waals surface area contributed by atoms with Crippen molar-refractivity contribution < 1.29 is 4.79 Å². The van der Waals surface area contributed by atoms with Crippen LogP contribution in [-0.4, -0.2) is 35.4 Å². The maximum absolute atomic E-state index is 12.9. The van der Waals surface area contributed by atoms with Gasteiger partial charge in [-0.1, -0.05) is 36.8 Å². The molecule has 6 rings (SSSR count). The number of nitrogens with one attached hydrogen (secondary N) is 1. The van der Waals surface area contributed by atoms with Crippen LogP contribution < -0.4 is 5.32 Å². The zero-order valence-corrected chi connectivity index (χ0v) is 19.3. The molecule has 0 fully saturated rings. The topological polar surface area (TPSA) is 90.5 Å². The fourth-order valence-electron chi connectivity index (χ4n) is 4.57. The van der Waals surface area contributed by atoms with Gasteiger partial charge in [0.25, 0.3) is 5.91 Å². The van der Waals surface area contributed by atoms with Gasteiger partial charge in [0.05, 0.1) is 18.3 Å². The highest BCUT2D eigenvalue weighted by Gasteiger charge is 2.16. The van der Waals surface area contributed by atoms with Gasteiger partial charge in [0, 0.05) is 35.8 Å². The van der Waals surface area contributed by atoms with Crippen molar-refractivity contribution in [2.24, 2.45) is 0 Å². The lowest BCUT2D eigenvalue weighted by molar-refractivity contribution is 0.102. The van der Waals surface area contributed by atoms with Gasteiger partial charge in [0.15, 0.2) is 11.5 Å². The molecule has 8 nitrogen and oxygen atoms in total. The molecule has 1 aliphatic rings. The predicted octanol–water partition coefficient (Wildman–Crippen LogP) is 4.72. The molecular weight excluding hydrogens is 438 g/mol. The third-order valence-corrected chi connectivity index (χ3v) is 6.42. The molecule has 2 aromatic carbocycles. The lowest BCUT2D eigenvalue weighted by atomic mass is 10.1. The first kappa shape index (κ1) is 21.2. The zero-order chi connectivity index (χ0) is 23.6. The van der Waals surface area contributed by atoms with Crippen molar-refractivity contribution in [2.45, 2.75) is 38.8 Å². The summed E-state index contributed by atoms with van der Waals surface area (Å²) in [5, 5.41) is 17.0. The first-order valence-electron chi connectivity index (χ1n) is 11.9. The molecule has 1 amide bonds. The van der Waals surface area contributed by atoms with Crippen molar-refractivity contribution in [3.8, 4) is 11.4 Å². The first-order valence-corrected chi connectivity index (χ1v) is 11.9. The molecule has 0 saturated heterocycles. The molecule has 1 N–H and O–H groups in total. The summed E-state index contributed by atoms with van der Waals surface area (Å²) < 4.78 is 4.07. The number of fused-ring (bicyclic) bond motifs is 2. The lowest BCUT2D eigenvalue weighted by Gasteiger charge is -2.09. The van der Waals surface area contributed by atoms with Crippen LogP contribution in [0.4, 0.5) is 5.69 Å². The summed E-state index contributed by atoms with van der Waals surface area (Å²) in [7, 11) is 0. The minimum atomic E-state index is -0.209. The van der Waals surface area contributed by atoms with Gasteiger partial charge in [-0.05, 0) is 48.7 Å². The largest absolute Gasteiger partial charge is 0.322 e. The third kappa shape index (κ3) is 4.30. The van der Waals surface area contributed by atoms with Crippen molar-refractivity contribution in [1.82, 2.24) is 29.5 Å². The maximum atomic E-state index is 12.9. The standard InChI is InChI=1S/C27H25N7O/c35-27(22-15-21-17-29-34(25(21)28-16-22)18-19-7-3-1-4-8-19)30-23-12-10-20(11-13-23)26-32-31-24-9-5-2-6-14-33(24)26/h1,3-4,7-8,10-13,15-17H,2,5-6,9,14,18H2,(H,30,35). The number of anilines is 1. The second kappa shape index (κ2) is 9.13. The van der Waals surface area contributed by atoms with E-state index in [1.165, 1.54) is 6.42 Å². The number of benzene rings is 2. The Hall–Kier alpha value is -4.33. The van der Waals surface area contributed by atoms with Crippen LogP contribution in [0.15, 0.2) is 73.1 Å². The van der Waals surface area contributed by atoms with Crippen LogP contribution in [0.1, 0.15) is 41.0 Å². The van der Waals surface area contributed by atoms with Crippen molar-refractivity contribution in [1.29, 1.82) is 0 Å². The van der Waals surface area contributed by atoms with E-state index in [1.807, 2.05) is 53.2 Å². The number of aromatic nitrogens is 6. The van der Waals surface area contributed by atoms with Crippen LogP contribution in [0.3, 0.4) is 0 Å². The fourth-order valence-corrected chi connectivity index (χ4v) is 4.57. The Labute approximate surface area is 202 Å². The number of hydrogen-bond acceptors (Lipinski definition) is 5. The highest BCUT2D eigenvalue weighted by Crippen LogP contribution is 2.24. The quantitative estimate of drug-likeness (QED) is 0.407. The van der Waals surface area contributed by atoms with E-state index in [-0.39, 0.29) is 5.91 Å². The van der Waals surface area contributed by atoms with Crippen molar-refractivity contribution in [3.63, 3.8) is 0 Å². The normalized spacial score (nSPS) is 13.4. The Morgan fingerprint density at radius 2 is 1.80 bits per heavy atom. The molecule has 4 heterocycles. The predicted molar refractivity (Wildman–Crippen MR) is 134 cm³/mol. The minimum Gasteiger partial charge on any atom is -0.322 e. The average molecular weight is 464 g/mol. The van der Waals surface area contributed by atoms with Crippen LogP contribution >= 0.6 is 0 Å². The number of aryl methyl sites for hydroxylation is 1. The molecule has 0 spiro atoms. The van der Waals surface area contributed by atoms with Crippen LogP contribution in [0, 0.1) is 0 Å². The van der Waals surface area contributed by atoms with Crippen molar-refractivity contribution in [2.75, 3.05) is 5.32 Å². The van der Waals surface area contributed by atoms with Crippen LogP contribution in [-0.2, 0) is 19.5 Å². The Morgan fingerprint density at radius 3 is 2.66 bits per heavy atom. The zero-order valence-electron chi connectivity index (χ0n) is 19.3. The van der Waals surface area contributed by atoms with E-state index in [0.717, 1.165) is 59.6 Å². The Bertz CT molecular complexity index is 1490. The lowest BCUT2D eigenvalue weighted by Crippen LogP contribution is -2.12. The molecule has 0 radical (unpaired) electrons. The number of hydrogen-bond donors (Lipinski definition) is 1. The molecule has 35 heavy (non-hydrogen) atoms. The van der Waals surface area contributed by atoms with Crippen LogP contribution in [0.2, 0.25) is 0 Å². The van der Waals surface area contributed by atoms with Gasteiger partial charge in [-0.3, -0.25) is 4.79 Å². The van der Waals surface area contributed by atoms with Gasteiger partial charge < -0.3 is 9.88 Å². The van der Waals surface area contributed by atoms with Gasteiger partial charge in [-0.2, -0.15) is 5.10 Å². The summed E-state index contributed by atoms with van der Waals surface area (Å²) in [6.07, 6.45) is 7.86. The molecule has 1 aliphatic heterocycles. The molecule has 174 valence electrons. The van der Waals surface area contributed by atoms with Crippen LogP contribution in [0.25, 0.3) is 22.4 Å². The van der Waals surface area contributed by atoms with Crippen molar-refractivity contribution in [3.05, 3.63) is 90.0 Å². The molecule has 0 saturated carbocycles. The van der Waals surface area contributed by atoms with E-state index in [0.29, 0.717) is 17.8 Å². The summed E-state index contributed by atoms with van der Waals surface area (Å²) in [6.45, 7) is 1.58. The Kier molecular flexibility index (Phi) is 5.54. The smallest absolute Gasteiger partial charge is 0.257 e. The molecule has 0 unspecified atom stereocenters. The number of carbonyl (C=O) groups is 1. The summed E-state index contributed by atoms with van der Waals surface area (Å²) in [5.74, 6) is 1.74.